The van der Waals surface area contributed by atoms with Crippen LogP contribution in [-0.2, 0) is 11.2 Å². The van der Waals surface area contributed by atoms with Crippen molar-refractivity contribution in [1.82, 2.24) is 5.32 Å². The second-order valence-corrected chi connectivity index (χ2v) is 4.53. The van der Waals surface area contributed by atoms with Gasteiger partial charge in [-0.3, -0.25) is 4.79 Å². The molecule has 0 saturated carbocycles. The number of Topliss-reactive ketones (excluding diaryl/α,β-unsaturated/α-hetero) is 1. The summed E-state index contributed by atoms with van der Waals surface area (Å²) in [6, 6.07) is 6.44. The molecule has 1 rings (SSSR count). The third kappa shape index (κ3) is 4.65. The lowest BCUT2D eigenvalue weighted by Crippen LogP contribution is -2.42. The van der Waals surface area contributed by atoms with E-state index in [1.807, 2.05) is 26.8 Å². The predicted molar refractivity (Wildman–Crippen MR) is 69.6 cm³/mol. The summed E-state index contributed by atoms with van der Waals surface area (Å²) < 4.78 is 13.1. The van der Waals surface area contributed by atoms with E-state index in [-0.39, 0.29) is 25.1 Å². The number of halogens is 1. The number of carbonyl (C=O) groups is 1. The lowest BCUT2D eigenvalue weighted by Gasteiger charge is -2.19. The quantitative estimate of drug-likeness (QED) is 0.827. The fourth-order valence-electron chi connectivity index (χ4n) is 1.81. The van der Waals surface area contributed by atoms with Crippen molar-refractivity contribution in [2.24, 2.45) is 0 Å². The van der Waals surface area contributed by atoms with E-state index in [1.165, 1.54) is 12.1 Å². The monoisotopic (exact) mass is 239 g/mol. The summed E-state index contributed by atoms with van der Waals surface area (Å²) in [5, 5.41) is 3.23. The van der Waals surface area contributed by atoms with E-state index >= 15 is 0 Å². The van der Waals surface area contributed by atoms with Gasteiger partial charge in [-0.2, -0.15) is 0 Å². The number of hydrogen-bond donors (Lipinski definition) is 1. The van der Waals surface area contributed by atoms with E-state index in [2.05, 4.69) is 5.32 Å². The Kier molecular flexibility index (Phi) is 5.29. The number of benzene rings is 1. The van der Waals surface area contributed by atoms with E-state index in [1.54, 1.807) is 6.07 Å². The van der Waals surface area contributed by atoms with Crippen molar-refractivity contribution in [3.05, 3.63) is 35.6 Å². The van der Waals surface area contributed by atoms with Gasteiger partial charge in [0.25, 0.3) is 0 Å². The molecule has 3 heteroatoms. The first-order valence-corrected chi connectivity index (χ1v) is 6.06. The van der Waals surface area contributed by atoms with Crippen LogP contribution < -0.4 is 5.32 Å². The molecule has 0 aliphatic carbocycles. The molecule has 0 aliphatic rings. The third-order valence-corrected chi connectivity index (χ3v) is 2.60. The van der Waals surface area contributed by atoms with Gasteiger partial charge >= 0.3 is 0 Å². The normalized spacial score (nSPS) is 12.8. The Morgan fingerprint density at radius 1 is 1.47 bits per heavy atom. The Bertz CT molecular complexity index is 382. The lowest BCUT2D eigenvalue weighted by atomic mass is 10.0. The highest BCUT2D eigenvalue weighted by Gasteiger charge is 2.17. The van der Waals surface area contributed by atoms with Gasteiger partial charge in [-0.05, 0) is 24.1 Å². The van der Waals surface area contributed by atoms with Crippen molar-refractivity contribution >= 4 is 5.78 Å². The summed E-state index contributed by atoms with van der Waals surface area (Å²) in [7, 11) is 0. The van der Waals surface area contributed by atoms with Gasteiger partial charge in [-0.15, -0.1) is 0 Å². The summed E-state index contributed by atoms with van der Waals surface area (Å²) >= 11 is 0. The van der Waals surface area contributed by atoms with E-state index < -0.39 is 0 Å². The lowest BCUT2D eigenvalue weighted by molar-refractivity contribution is -0.120. The summed E-state index contributed by atoms with van der Waals surface area (Å²) in [4.78, 5) is 11.8. The molecule has 0 aromatic heterocycles. The Hall–Kier alpha value is -1.22. The Morgan fingerprint density at radius 2 is 2.18 bits per heavy atom. The van der Waals surface area contributed by atoms with Crippen LogP contribution in [0.5, 0.6) is 0 Å². The molecule has 1 aromatic rings. The van der Waals surface area contributed by atoms with Gasteiger partial charge in [-0.25, -0.2) is 4.39 Å². The molecule has 0 saturated heterocycles. The van der Waals surface area contributed by atoms with Crippen molar-refractivity contribution in [2.45, 2.75) is 45.7 Å². The van der Waals surface area contributed by atoms with Gasteiger partial charge in [0, 0.05) is 13.9 Å². The summed E-state index contributed by atoms with van der Waals surface area (Å²) in [5.41, 5.74) is 0.852. The predicted octanol–water partition coefficient (Wildman–Crippen LogP) is 2.96. The van der Waals surface area contributed by atoms with Crippen LogP contribution in [0.3, 0.4) is 0 Å². The highest BCUT2D eigenvalue weighted by Crippen LogP contribution is 2.08. The van der Waals surface area contributed by atoms with Gasteiger partial charge < -0.3 is 5.32 Å². The summed E-state index contributed by atoms with van der Waals surface area (Å²) in [5.74, 6) is -0.0855. The molecule has 0 unspecified atom stereocenters. The minimum Gasteiger partial charge on any atom is -0.305 e. The van der Waals surface area contributed by atoms with Gasteiger partial charge in [-0.1, -0.05) is 32.9 Å². The molecular weight excluding hydrogens is 217 g/mol. The van der Waals surface area contributed by atoms with Crippen molar-refractivity contribution < 1.29 is 10.6 Å². The first-order valence-electron chi connectivity index (χ1n) is 6.06. The Morgan fingerprint density at radius 3 is 2.71 bits per heavy atom. The SMILES string of the molecule is CCC(=O)[C@H](Cc1cccc(F)c1)NC(C)C.[HH]. The molecule has 1 N–H and O–H groups in total. The van der Waals surface area contributed by atoms with Crippen LogP contribution in [0.2, 0.25) is 0 Å². The Balaban J connectivity index is 0.00000289. The molecule has 0 amide bonds. The molecule has 0 fully saturated rings. The largest absolute Gasteiger partial charge is 0.305 e. The number of rotatable bonds is 6. The third-order valence-electron chi connectivity index (χ3n) is 2.60. The van der Waals surface area contributed by atoms with Crippen molar-refractivity contribution in [2.75, 3.05) is 0 Å². The second kappa shape index (κ2) is 6.50. The first-order chi connectivity index (χ1) is 8.02. The maximum Gasteiger partial charge on any atom is 0.149 e. The van der Waals surface area contributed by atoms with Crippen molar-refractivity contribution in [3.63, 3.8) is 0 Å². The molecule has 1 atom stereocenters. The molecule has 17 heavy (non-hydrogen) atoms. The van der Waals surface area contributed by atoms with Crippen LogP contribution in [0.1, 0.15) is 34.2 Å². The molecule has 0 radical (unpaired) electrons. The van der Waals surface area contributed by atoms with E-state index in [0.717, 1.165) is 5.56 Å². The minimum absolute atomic E-state index is 0. The average molecular weight is 239 g/mol. The van der Waals surface area contributed by atoms with E-state index in [4.69, 9.17) is 0 Å². The fraction of sp³-hybridized carbons (Fsp3) is 0.500. The zero-order chi connectivity index (χ0) is 12.8. The Labute approximate surface area is 104 Å². The molecule has 2 nitrogen and oxygen atoms in total. The van der Waals surface area contributed by atoms with Gasteiger partial charge in [0.2, 0.25) is 0 Å². The zero-order valence-corrected chi connectivity index (χ0v) is 10.7. The highest BCUT2D eigenvalue weighted by molar-refractivity contribution is 5.84. The highest BCUT2D eigenvalue weighted by atomic mass is 19.1. The van der Waals surface area contributed by atoms with E-state index in [0.29, 0.717) is 12.8 Å². The van der Waals surface area contributed by atoms with Crippen LogP contribution in [-0.4, -0.2) is 17.9 Å². The minimum atomic E-state index is -0.255. The second-order valence-electron chi connectivity index (χ2n) is 4.53. The van der Waals surface area contributed by atoms with Crippen LogP contribution in [0.4, 0.5) is 4.39 Å². The van der Waals surface area contributed by atoms with Crippen molar-refractivity contribution in [1.29, 1.82) is 0 Å². The van der Waals surface area contributed by atoms with E-state index in [9.17, 15) is 9.18 Å². The number of hydrogen-bond acceptors (Lipinski definition) is 2. The molecule has 0 spiro atoms. The fourth-order valence-corrected chi connectivity index (χ4v) is 1.81. The average Bonchev–Trinajstić information content (AvgIpc) is 2.26. The maximum absolute atomic E-state index is 13.1. The zero-order valence-electron chi connectivity index (χ0n) is 10.7. The van der Waals surface area contributed by atoms with Gasteiger partial charge in [0.1, 0.15) is 11.6 Å². The number of carbonyl (C=O) groups excluding carboxylic acids is 1. The molecule has 0 bridgehead atoms. The van der Waals surface area contributed by atoms with Crippen LogP contribution in [0.25, 0.3) is 0 Å². The van der Waals surface area contributed by atoms with Crippen LogP contribution in [0, 0.1) is 5.82 Å². The number of ketones is 1. The van der Waals surface area contributed by atoms with Crippen LogP contribution >= 0.6 is 0 Å². The smallest absolute Gasteiger partial charge is 0.149 e. The topological polar surface area (TPSA) is 29.1 Å². The molecule has 1 aromatic carbocycles. The summed E-state index contributed by atoms with van der Waals surface area (Å²) in [6.07, 6.45) is 1.04. The standard InChI is InChI=1S/C14H20FNO.H2/c1-4-14(17)13(16-10(2)3)9-11-6-5-7-12(15)8-11;/h5-8,10,13,16H,4,9H2,1-3H3;1H/t13-;/m0./s1. The first kappa shape index (κ1) is 13.8. The number of nitrogens with one attached hydrogen (secondary N) is 1. The van der Waals surface area contributed by atoms with Gasteiger partial charge in [0.05, 0.1) is 6.04 Å². The van der Waals surface area contributed by atoms with Crippen LogP contribution in [0.15, 0.2) is 24.3 Å². The maximum atomic E-state index is 13.1. The van der Waals surface area contributed by atoms with Crippen molar-refractivity contribution in [3.8, 4) is 0 Å². The summed E-state index contributed by atoms with van der Waals surface area (Å²) in [6.45, 7) is 5.85. The molecule has 0 aliphatic heterocycles. The molecular formula is C14H22FNO. The molecule has 0 heterocycles. The molecule has 96 valence electrons. The van der Waals surface area contributed by atoms with Gasteiger partial charge in [0.15, 0.2) is 0 Å².